The first-order valence-corrected chi connectivity index (χ1v) is 14.2. The molecular weight excluding hydrogens is 584 g/mol. The van der Waals surface area contributed by atoms with Gasteiger partial charge < -0.3 is 58.0 Å². The van der Waals surface area contributed by atoms with E-state index >= 15 is 0 Å². The molecule has 4 aliphatic heterocycles. The maximum absolute atomic E-state index is 13.4. The number of esters is 1. The van der Waals surface area contributed by atoms with Gasteiger partial charge in [0.25, 0.3) is 0 Å². The number of hydrogen-bond acceptors (Lipinski definition) is 13. The molecule has 14 nitrogen and oxygen atoms in total. The third-order valence-corrected chi connectivity index (χ3v) is 8.99. The second kappa shape index (κ2) is 11.1. The van der Waals surface area contributed by atoms with Gasteiger partial charge in [-0.25, -0.2) is 4.79 Å². The van der Waals surface area contributed by atoms with Gasteiger partial charge in [0.2, 0.25) is 6.79 Å². The first-order valence-electron chi connectivity index (χ1n) is 14.2. The van der Waals surface area contributed by atoms with Gasteiger partial charge in [0.15, 0.2) is 24.1 Å². The predicted octanol–water partition coefficient (Wildman–Crippen LogP) is 1.33. The molecule has 2 aromatic rings. The number of aromatic carboxylic acids is 1. The van der Waals surface area contributed by atoms with E-state index in [0.717, 1.165) is 0 Å². The highest BCUT2D eigenvalue weighted by Gasteiger charge is 2.56. The Kier molecular flexibility index (Phi) is 7.30. The fourth-order valence-electron chi connectivity index (χ4n) is 6.96. The summed E-state index contributed by atoms with van der Waals surface area (Å²) in [6.07, 6.45) is -7.01. The largest absolute Gasteiger partial charge is 0.496 e. The molecular formula is C30H32O14. The molecule has 7 unspecified atom stereocenters. The number of carbonyl (C=O) groups excluding carboxylic acids is 1. The molecule has 7 rings (SSSR count). The van der Waals surface area contributed by atoms with Crippen LogP contribution in [0.2, 0.25) is 0 Å². The maximum Gasteiger partial charge on any atom is 0.343 e. The van der Waals surface area contributed by atoms with Gasteiger partial charge in [-0.3, -0.25) is 4.79 Å². The molecule has 10 atom stereocenters. The molecule has 5 aliphatic rings. The second-order valence-corrected chi connectivity index (χ2v) is 11.3. The van der Waals surface area contributed by atoms with Crippen LogP contribution in [0.3, 0.4) is 0 Å². The number of rotatable bonds is 6. The number of carboxylic acid groups (broad SMARTS) is 1. The average molecular weight is 617 g/mol. The van der Waals surface area contributed by atoms with Crippen molar-refractivity contribution < 1.29 is 67.5 Å². The molecule has 4 heterocycles. The van der Waals surface area contributed by atoms with Crippen LogP contribution in [0.25, 0.3) is 0 Å². The van der Waals surface area contributed by atoms with Crippen molar-refractivity contribution in [2.24, 2.45) is 11.8 Å². The summed E-state index contributed by atoms with van der Waals surface area (Å²) in [5.74, 6) is -2.69. The van der Waals surface area contributed by atoms with E-state index in [2.05, 4.69) is 0 Å². The quantitative estimate of drug-likeness (QED) is 0.396. The van der Waals surface area contributed by atoms with Gasteiger partial charge in [0.1, 0.15) is 41.5 Å². The van der Waals surface area contributed by atoms with Crippen molar-refractivity contribution in [2.75, 3.05) is 34.2 Å². The fraction of sp³-hybridized carbons (Fsp3) is 0.533. The lowest BCUT2D eigenvalue weighted by Gasteiger charge is -2.47. The van der Waals surface area contributed by atoms with E-state index in [1.54, 1.807) is 31.2 Å². The molecule has 236 valence electrons. The molecule has 3 saturated heterocycles. The molecule has 2 aromatic carbocycles. The zero-order chi connectivity index (χ0) is 30.9. The molecule has 0 radical (unpaired) electrons. The summed E-state index contributed by atoms with van der Waals surface area (Å²) in [7, 11) is 2.71. The van der Waals surface area contributed by atoms with E-state index in [1.807, 2.05) is 0 Å². The summed E-state index contributed by atoms with van der Waals surface area (Å²) in [5, 5.41) is 31.8. The Labute approximate surface area is 251 Å². The Hall–Kier alpha value is -3.66. The molecule has 0 saturated carbocycles. The zero-order valence-corrected chi connectivity index (χ0v) is 24.0. The number of ether oxygens (including phenoxy) is 9. The van der Waals surface area contributed by atoms with E-state index < -0.39 is 72.8 Å². The Bertz CT molecular complexity index is 1450. The number of fused-ring (bicyclic) bond motifs is 4. The number of aliphatic hydroxyl groups is 2. The summed E-state index contributed by atoms with van der Waals surface area (Å²) in [6.45, 7) is 1.81. The van der Waals surface area contributed by atoms with Crippen LogP contribution >= 0.6 is 0 Å². The lowest BCUT2D eigenvalue weighted by molar-refractivity contribution is -0.364. The number of aliphatic hydroxyl groups excluding tert-OH is 2. The molecule has 1 aliphatic carbocycles. The summed E-state index contributed by atoms with van der Waals surface area (Å²) < 4.78 is 51.5. The molecule has 0 aromatic heterocycles. The number of cyclic esters (lactones) is 1. The molecule has 44 heavy (non-hydrogen) atoms. The lowest BCUT2D eigenvalue weighted by Crippen LogP contribution is -2.63. The van der Waals surface area contributed by atoms with Crippen molar-refractivity contribution in [3.8, 4) is 23.0 Å². The highest BCUT2D eigenvalue weighted by atomic mass is 16.8. The Morgan fingerprint density at radius 3 is 2.25 bits per heavy atom. The number of hydrogen-bond donors (Lipinski definition) is 3. The first-order chi connectivity index (χ1) is 21.2. The van der Waals surface area contributed by atoms with Crippen molar-refractivity contribution >= 4 is 11.9 Å². The second-order valence-electron chi connectivity index (χ2n) is 11.3. The van der Waals surface area contributed by atoms with Crippen LogP contribution in [0.4, 0.5) is 0 Å². The monoisotopic (exact) mass is 616 g/mol. The Morgan fingerprint density at radius 1 is 0.909 bits per heavy atom. The Morgan fingerprint density at radius 2 is 1.59 bits per heavy atom. The van der Waals surface area contributed by atoms with Gasteiger partial charge >= 0.3 is 11.9 Å². The topological polar surface area (TPSA) is 178 Å². The zero-order valence-electron chi connectivity index (χ0n) is 24.0. The Balaban J connectivity index is 1.33. The van der Waals surface area contributed by atoms with E-state index in [1.165, 1.54) is 14.2 Å². The highest BCUT2D eigenvalue weighted by molar-refractivity contribution is 5.94. The van der Waals surface area contributed by atoms with Gasteiger partial charge in [-0.1, -0.05) is 0 Å². The fourth-order valence-corrected chi connectivity index (χ4v) is 6.96. The maximum atomic E-state index is 13.4. The van der Waals surface area contributed by atoms with Crippen LogP contribution < -0.4 is 18.9 Å². The highest BCUT2D eigenvalue weighted by Crippen LogP contribution is 2.56. The average Bonchev–Trinajstić information content (AvgIpc) is 3.64. The standard InChI is InChI=1S/C30H32O14/c1-11-38-9-20-27(42-11)24(31)25(32)30(43-20)44-26-14-7-17-16(40-10-41-17)6-13(14)21(22-15(26)8-39-29(22)35)12-4-18(36-2)23(28(33)34)19(5-12)37-3/h4-7,11,15,20-22,24-27,30-32H,8-10H2,1-3H3,(H,33,34)/t11?,15-,20?,21?,22-,24?,25?,26+,27?,30?/m0/s1. The number of benzene rings is 2. The smallest absolute Gasteiger partial charge is 0.343 e. The van der Waals surface area contributed by atoms with E-state index in [9.17, 15) is 24.9 Å². The van der Waals surface area contributed by atoms with Crippen molar-refractivity contribution in [1.82, 2.24) is 0 Å². The third kappa shape index (κ3) is 4.55. The van der Waals surface area contributed by atoms with Gasteiger partial charge in [-0.15, -0.1) is 0 Å². The van der Waals surface area contributed by atoms with Gasteiger partial charge in [-0.2, -0.15) is 0 Å². The first kappa shape index (κ1) is 29.1. The summed E-state index contributed by atoms with van der Waals surface area (Å²) >= 11 is 0. The van der Waals surface area contributed by atoms with Crippen molar-refractivity contribution in [2.45, 2.75) is 55.9 Å². The summed E-state index contributed by atoms with van der Waals surface area (Å²) in [4.78, 5) is 25.5. The minimum absolute atomic E-state index is 0.00118. The van der Waals surface area contributed by atoms with Crippen molar-refractivity contribution in [1.29, 1.82) is 0 Å². The van der Waals surface area contributed by atoms with Crippen LogP contribution in [-0.2, 0) is 28.5 Å². The molecule has 3 N–H and O–H groups in total. The number of methoxy groups -OCH3 is 2. The predicted molar refractivity (Wildman–Crippen MR) is 144 cm³/mol. The van der Waals surface area contributed by atoms with Crippen LogP contribution in [0.15, 0.2) is 24.3 Å². The van der Waals surface area contributed by atoms with Gasteiger partial charge in [0, 0.05) is 11.8 Å². The minimum Gasteiger partial charge on any atom is -0.496 e. The molecule has 0 spiro atoms. The van der Waals surface area contributed by atoms with Crippen LogP contribution in [-0.4, -0.2) is 98.5 Å². The number of carboxylic acids is 1. The van der Waals surface area contributed by atoms with Crippen LogP contribution in [0.5, 0.6) is 23.0 Å². The van der Waals surface area contributed by atoms with Gasteiger partial charge in [0.05, 0.1) is 39.5 Å². The van der Waals surface area contributed by atoms with E-state index in [4.69, 9.17) is 42.6 Å². The van der Waals surface area contributed by atoms with Crippen LogP contribution in [0.1, 0.15) is 46.0 Å². The third-order valence-electron chi connectivity index (χ3n) is 8.99. The summed E-state index contributed by atoms with van der Waals surface area (Å²) in [6, 6.07) is 6.67. The van der Waals surface area contributed by atoms with Crippen molar-refractivity contribution in [3.63, 3.8) is 0 Å². The lowest BCUT2D eigenvalue weighted by atomic mass is 9.66. The molecule has 0 bridgehead atoms. The van der Waals surface area contributed by atoms with Crippen molar-refractivity contribution in [3.05, 3.63) is 46.5 Å². The molecule has 14 heteroatoms. The number of carbonyl (C=O) groups is 2. The molecule has 3 fully saturated rings. The van der Waals surface area contributed by atoms with Gasteiger partial charge in [-0.05, 0) is 47.9 Å². The summed E-state index contributed by atoms with van der Waals surface area (Å²) in [5.41, 5.74) is 1.65. The van der Waals surface area contributed by atoms with E-state index in [-0.39, 0.29) is 37.1 Å². The SMILES string of the molecule is COc1cc(C2c3cc4c(cc3[C@@H](OC3OC5COC(C)OC5C(O)C3O)[C@H]3COC(=O)[C@H]23)OCO4)cc(OC)c1C(=O)O. The normalized spacial score (nSPS) is 35.2. The molecule has 0 amide bonds. The van der Waals surface area contributed by atoms with Crippen LogP contribution in [0, 0.1) is 11.8 Å². The minimum atomic E-state index is -1.47. The van der Waals surface area contributed by atoms with E-state index in [0.29, 0.717) is 28.2 Å².